The van der Waals surface area contributed by atoms with Crippen molar-refractivity contribution < 1.29 is 9.90 Å². The molecule has 0 aliphatic heterocycles. The average molecular weight is 240 g/mol. The summed E-state index contributed by atoms with van der Waals surface area (Å²) < 4.78 is 1.59. The van der Waals surface area contributed by atoms with Crippen LogP contribution in [-0.4, -0.2) is 31.3 Å². The molecule has 0 saturated heterocycles. The van der Waals surface area contributed by atoms with Crippen LogP contribution in [0.4, 0.5) is 0 Å². The van der Waals surface area contributed by atoms with E-state index in [1.165, 1.54) is 25.7 Å². The number of hydrogen-bond acceptors (Lipinski definition) is 4. The summed E-state index contributed by atoms with van der Waals surface area (Å²) in [7, 11) is 0. The molecule has 1 N–H and O–H groups in total. The van der Waals surface area contributed by atoms with Gasteiger partial charge in [-0.1, -0.05) is 32.6 Å². The number of carbonyl (C=O) groups is 1. The summed E-state index contributed by atoms with van der Waals surface area (Å²) in [6.45, 7) is 2.54. The predicted molar refractivity (Wildman–Crippen MR) is 62.5 cm³/mol. The van der Waals surface area contributed by atoms with E-state index < -0.39 is 5.97 Å². The van der Waals surface area contributed by atoms with Gasteiger partial charge in [0.2, 0.25) is 0 Å². The minimum absolute atomic E-state index is 0.0634. The topological polar surface area (TPSA) is 80.9 Å². The maximum atomic E-state index is 10.5. The normalized spacial score (nSPS) is 10.6. The summed E-state index contributed by atoms with van der Waals surface area (Å²) in [6, 6.07) is 0. The van der Waals surface area contributed by atoms with Gasteiger partial charge in [0.25, 0.3) is 0 Å². The Morgan fingerprint density at radius 1 is 1.29 bits per heavy atom. The molecular formula is C11H20N4O2. The standard InChI is InChI=1S/C11H20N4O2/c1-2-3-4-5-6-7-10-12-13-14-15(10)9-8-11(16)17/h2-9H2,1H3,(H,16,17). The van der Waals surface area contributed by atoms with E-state index in [-0.39, 0.29) is 6.42 Å². The Kier molecular flexibility index (Phi) is 6.21. The van der Waals surface area contributed by atoms with E-state index in [2.05, 4.69) is 22.4 Å². The molecule has 0 aromatic carbocycles. The van der Waals surface area contributed by atoms with E-state index >= 15 is 0 Å². The molecule has 0 spiro atoms. The molecule has 1 aromatic rings. The van der Waals surface area contributed by atoms with Gasteiger partial charge in [-0.2, -0.15) is 0 Å². The predicted octanol–water partition coefficient (Wildman–Crippen LogP) is 1.66. The molecule has 0 unspecified atom stereocenters. The number of hydrogen-bond donors (Lipinski definition) is 1. The lowest BCUT2D eigenvalue weighted by atomic mass is 10.1. The van der Waals surface area contributed by atoms with Crippen LogP contribution in [-0.2, 0) is 17.8 Å². The maximum absolute atomic E-state index is 10.5. The monoisotopic (exact) mass is 240 g/mol. The van der Waals surface area contributed by atoms with Crippen LogP contribution in [0.2, 0.25) is 0 Å². The fourth-order valence-electron chi connectivity index (χ4n) is 1.66. The van der Waals surface area contributed by atoms with Gasteiger partial charge in [0.05, 0.1) is 13.0 Å². The van der Waals surface area contributed by atoms with E-state index in [1.807, 2.05) is 0 Å². The molecule has 0 radical (unpaired) electrons. The zero-order valence-corrected chi connectivity index (χ0v) is 10.3. The number of unbranched alkanes of at least 4 members (excludes halogenated alkanes) is 4. The van der Waals surface area contributed by atoms with Gasteiger partial charge in [-0.05, 0) is 16.8 Å². The van der Waals surface area contributed by atoms with Gasteiger partial charge in [-0.25, -0.2) is 4.68 Å². The first kappa shape index (κ1) is 13.6. The first-order chi connectivity index (χ1) is 8.24. The van der Waals surface area contributed by atoms with E-state index in [0.29, 0.717) is 6.54 Å². The van der Waals surface area contributed by atoms with Gasteiger partial charge >= 0.3 is 5.97 Å². The van der Waals surface area contributed by atoms with Crippen LogP contribution in [0.25, 0.3) is 0 Å². The molecule has 96 valence electrons. The van der Waals surface area contributed by atoms with Crippen molar-refractivity contribution in [2.75, 3.05) is 0 Å². The molecule has 1 rings (SSSR count). The van der Waals surface area contributed by atoms with Crippen molar-refractivity contribution >= 4 is 5.97 Å². The second-order valence-corrected chi connectivity index (χ2v) is 4.13. The van der Waals surface area contributed by atoms with Gasteiger partial charge in [0.15, 0.2) is 5.82 Å². The van der Waals surface area contributed by atoms with Crippen LogP contribution in [0.3, 0.4) is 0 Å². The number of carboxylic acids is 1. The highest BCUT2D eigenvalue weighted by Crippen LogP contribution is 2.06. The largest absolute Gasteiger partial charge is 0.481 e. The molecule has 0 atom stereocenters. The lowest BCUT2D eigenvalue weighted by Crippen LogP contribution is -2.09. The number of tetrazole rings is 1. The molecule has 0 amide bonds. The van der Waals surface area contributed by atoms with Gasteiger partial charge in [-0.15, -0.1) is 5.10 Å². The Morgan fingerprint density at radius 2 is 2.06 bits per heavy atom. The Morgan fingerprint density at radius 3 is 2.76 bits per heavy atom. The molecule has 0 aliphatic carbocycles. The average Bonchev–Trinajstić information content (AvgIpc) is 2.73. The third-order valence-electron chi connectivity index (χ3n) is 2.65. The Bertz CT molecular complexity index is 338. The van der Waals surface area contributed by atoms with E-state index in [1.54, 1.807) is 4.68 Å². The Balaban J connectivity index is 2.27. The summed E-state index contributed by atoms with van der Waals surface area (Å²) in [5.74, 6) is -0.0304. The number of carboxylic acid groups (broad SMARTS) is 1. The van der Waals surface area contributed by atoms with Crippen LogP contribution in [0.1, 0.15) is 51.3 Å². The van der Waals surface area contributed by atoms with Crippen LogP contribution in [0.5, 0.6) is 0 Å². The number of rotatable bonds is 9. The van der Waals surface area contributed by atoms with Gasteiger partial charge in [0, 0.05) is 6.42 Å². The first-order valence-corrected chi connectivity index (χ1v) is 6.21. The highest BCUT2D eigenvalue weighted by atomic mass is 16.4. The van der Waals surface area contributed by atoms with Crippen molar-refractivity contribution in [1.82, 2.24) is 20.2 Å². The van der Waals surface area contributed by atoms with Crippen molar-refractivity contribution in [3.05, 3.63) is 5.82 Å². The first-order valence-electron chi connectivity index (χ1n) is 6.21. The van der Waals surface area contributed by atoms with Crippen LogP contribution in [0.15, 0.2) is 0 Å². The minimum Gasteiger partial charge on any atom is -0.481 e. The summed E-state index contributed by atoms with van der Waals surface area (Å²) in [6.07, 6.45) is 6.88. The van der Waals surface area contributed by atoms with E-state index in [0.717, 1.165) is 18.7 Å². The lowest BCUT2D eigenvalue weighted by molar-refractivity contribution is -0.137. The quantitative estimate of drug-likeness (QED) is 0.664. The van der Waals surface area contributed by atoms with Crippen LogP contribution < -0.4 is 0 Å². The Hall–Kier alpha value is -1.46. The second kappa shape index (κ2) is 7.76. The number of nitrogens with zero attached hydrogens (tertiary/aromatic N) is 4. The smallest absolute Gasteiger partial charge is 0.305 e. The molecule has 17 heavy (non-hydrogen) atoms. The fraction of sp³-hybridized carbons (Fsp3) is 0.818. The molecule has 1 aromatic heterocycles. The highest BCUT2D eigenvalue weighted by molar-refractivity contribution is 5.66. The highest BCUT2D eigenvalue weighted by Gasteiger charge is 2.07. The zero-order valence-electron chi connectivity index (χ0n) is 10.3. The molecule has 6 nitrogen and oxygen atoms in total. The van der Waals surface area contributed by atoms with Gasteiger partial charge in [0.1, 0.15) is 0 Å². The summed E-state index contributed by atoms with van der Waals surface area (Å²) >= 11 is 0. The molecule has 0 saturated carbocycles. The third kappa shape index (κ3) is 5.42. The van der Waals surface area contributed by atoms with Crippen LogP contribution in [0, 0.1) is 0 Å². The molecule has 0 bridgehead atoms. The number of aromatic nitrogens is 4. The Labute approximate surface area is 101 Å². The SMILES string of the molecule is CCCCCCCc1nnnn1CCC(=O)O. The molecule has 6 heteroatoms. The molecule has 0 aliphatic rings. The lowest BCUT2D eigenvalue weighted by Gasteiger charge is -2.02. The van der Waals surface area contributed by atoms with E-state index in [9.17, 15) is 4.79 Å². The van der Waals surface area contributed by atoms with Crippen molar-refractivity contribution in [1.29, 1.82) is 0 Å². The summed E-state index contributed by atoms with van der Waals surface area (Å²) in [5, 5.41) is 19.9. The minimum atomic E-state index is -0.825. The molecular weight excluding hydrogens is 220 g/mol. The fourth-order valence-corrected chi connectivity index (χ4v) is 1.66. The van der Waals surface area contributed by atoms with Crippen molar-refractivity contribution in [2.24, 2.45) is 0 Å². The zero-order chi connectivity index (χ0) is 12.5. The second-order valence-electron chi connectivity index (χ2n) is 4.13. The van der Waals surface area contributed by atoms with Crippen molar-refractivity contribution in [3.8, 4) is 0 Å². The molecule has 1 heterocycles. The number of aryl methyl sites for hydroxylation is 2. The van der Waals surface area contributed by atoms with Gasteiger partial charge < -0.3 is 5.11 Å². The third-order valence-corrected chi connectivity index (χ3v) is 2.65. The molecule has 0 fully saturated rings. The van der Waals surface area contributed by atoms with Crippen LogP contribution >= 0.6 is 0 Å². The summed E-state index contributed by atoms with van der Waals surface area (Å²) in [5.41, 5.74) is 0. The number of aliphatic carboxylic acids is 1. The van der Waals surface area contributed by atoms with Gasteiger partial charge in [-0.3, -0.25) is 4.79 Å². The summed E-state index contributed by atoms with van der Waals surface area (Å²) in [4.78, 5) is 10.5. The van der Waals surface area contributed by atoms with Crippen molar-refractivity contribution in [2.45, 2.75) is 58.4 Å². The van der Waals surface area contributed by atoms with E-state index in [4.69, 9.17) is 5.11 Å². The van der Waals surface area contributed by atoms with Crippen molar-refractivity contribution in [3.63, 3.8) is 0 Å². The maximum Gasteiger partial charge on any atom is 0.305 e.